The molecule has 0 aromatic heterocycles. The van der Waals surface area contributed by atoms with Crippen LogP contribution in [0.1, 0.15) is 40.5 Å². The molecule has 2 amide bonds. The summed E-state index contributed by atoms with van der Waals surface area (Å²) < 4.78 is 0. The number of hydrogen-bond acceptors (Lipinski definition) is 2. The molecule has 0 fully saturated rings. The van der Waals surface area contributed by atoms with Crippen molar-refractivity contribution < 1.29 is 9.59 Å². The molecule has 0 aliphatic rings. The molecule has 0 heterocycles. The zero-order valence-electron chi connectivity index (χ0n) is 9.44. The first-order valence-electron chi connectivity index (χ1n) is 4.93. The molecule has 82 valence electrons. The highest BCUT2D eigenvalue weighted by molar-refractivity contribution is 5.84. The molecule has 2 N–H and O–H groups in total. The molecule has 4 heteroatoms. The van der Waals surface area contributed by atoms with Gasteiger partial charge in [-0.15, -0.1) is 0 Å². The minimum absolute atomic E-state index is 0.0656. The highest BCUT2D eigenvalue weighted by atomic mass is 16.2. The van der Waals surface area contributed by atoms with Crippen molar-refractivity contribution in [3.63, 3.8) is 0 Å². The van der Waals surface area contributed by atoms with Crippen LogP contribution in [0.2, 0.25) is 0 Å². The number of amides is 2. The van der Waals surface area contributed by atoms with Gasteiger partial charge in [0.25, 0.3) is 0 Å². The maximum atomic E-state index is 11.2. The van der Waals surface area contributed by atoms with Crippen molar-refractivity contribution >= 4 is 11.8 Å². The van der Waals surface area contributed by atoms with Crippen LogP contribution in [0.5, 0.6) is 0 Å². The van der Waals surface area contributed by atoms with Crippen LogP contribution in [0.25, 0.3) is 0 Å². The molecule has 0 aromatic rings. The van der Waals surface area contributed by atoms with Gasteiger partial charge in [-0.05, 0) is 27.2 Å². The summed E-state index contributed by atoms with van der Waals surface area (Å²) in [7, 11) is 0. The monoisotopic (exact) mass is 200 g/mol. The lowest BCUT2D eigenvalue weighted by atomic mass is 10.1. The van der Waals surface area contributed by atoms with E-state index in [1.807, 2.05) is 27.7 Å². The average molecular weight is 200 g/mol. The molecule has 0 spiro atoms. The highest BCUT2D eigenvalue weighted by Crippen LogP contribution is 1.97. The maximum Gasteiger partial charge on any atom is 0.239 e. The summed E-state index contributed by atoms with van der Waals surface area (Å²) in [5, 5.41) is 5.32. The molecule has 0 aromatic carbocycles. The van der Waals surface area contributed by atoms with Gasteiger partial charge in [-0.2, -0.15) is 0 Å². The Morgan fingerprint density at radius 2 is 1.71 bits per heavy atom. The van der Waals surface area contributed by atoms with E-state index in [-0.39, 0.29) is 23.9 Å². The summed E-state index contributed by atoms with van der Waals surface area (Å²) in [6.07, 6.45) is 1.27. The summed E-state index contributed by atoms with van der Waals surface area (Å²) in [6, 6.07) is 0. The molecule has 0 unspecified atom stereocenters. The minimum atomic E-state index is -0.243. The van der Waals surface area contributed by atoms with Gasteiger partial charge in [-0.3, -0.25) is 9.59 Å². The van der Waals surface area contributed by atoms with Crippen molar-refractivity contribution in [2.24, 2.45) is 0 Å². The van der Waals surface area contributed by atoms with E-state index in [4.69, 9.17) is 0 Å². The Morgan fingerprint density at radius 1 is 1.14 bits per heavy atom. The van der Waals surface area contributed by atoms with Crippen molar-refractivity contribution in [3.8, 4) is 0 Å². The van der Waals surface area contributed by atoms with E-state index in [1.54, 1.807) is 0 Å². The lowest BCUT2D eigenvalue weighted by Crippen LogP contribution is -2.45. The number of hydrogen-bond donors (Lipinski definition) is 2. The van der Waals surface area contributed by atoms with Crippen molar-refractivity contribution in [2.75, 3.05) is 6.54 Å². The molecule has 0 atom stereocenters. The van der Waals surface area contributed by atoms with Gasteiger partial charge in [0.1, 0.15) is 0 Å². The normalized spacial score (nSPS) is 10.9. The van der Waals surface area contributed by atoms with Gasteiger partial charge in [0.2, 0.25) is 11.8 Å². The van der Waals surface area contributed by atoms with E-state index in [0.29, 0.717) is 6.42 Å². The summed E-state index contributed by atoms with van der Waals surface area (Å²) in [6.45, 7) is 7.70. The molecule has 0 rings (SSSR count). The second-order valence-corrected chi connectivity index (χ2v) is 4.32. The second kappa shape index (κ2) is 5.62. The molecule has 0 bridgehead atoms. The number of nitrogens with one attached hydrogen (secondary N) is 2. The summed E-state index contributed by atoms with van der Waals surface area (Å²) >= 11 is 0. The van der Waals surface area contributed by atoms with Crippen LogP contribution >= 0.6 is 0 Å². The van der Waals surface area contributed by atoms with E-state index in [2.05, 4.69) is 10.6 Å². The standard InChI is InChI=1S/C10H20N2O2/c1-5-6-8(13)11-7-9(14)12-10(2,3)4/h5-7H2,1-4H3,(H,11,13)(H,12,14). The fraction of sp³-hybridized carbons (Fsp3) is 0.800. The van der Waals surface area contributed by atoms with E-state index in [1.165, 1.54) is 0 Å². The predicted octanol–water partition coefficient (Wildman–Crippen LogP) is 0.817. The Balaban J connectivity index is 3.70. The Morgan fingerprint density at radius 3 is 2.14 bits per heavy atom. The zero-order valence-corrected chi connectivity index (χ0v) is 9.44. The van der Waals surface area contributed by atoms with Crippen molar-refractivity contribution in [1.29, 1.82) is 0 Å². The van der Waals surface area contributed by atoms with E-state index < -0.39 is 0 Å². The molecular weight excluding hydrogens is 180 g/mol. The van der Waals surface area contributed by atoms with Gasteiger partial charge >= 0.3 is 0 Å². The van der Waals surface area contributed by atoms with Gasteiger partial charge < -0.3 is 10.6 Å². The quantitative estimate of drug-likeness (QED) is 0.705. The average Bonchev–Trinajstić information content (AvgIpc) is 1.98. The number of rotatable bonds is 4. The molecule has 14 heavy (non-hydrogen) atoms. The highest BCUT2D eigenvalue weighted by Gasteiger charge is 2.13. The Bertz CT molecular complexity index is 207. The van der Waals surface area contributed by atoms with Crippen LogP contribution in [-0.4, -0.2) is 23.9 Å². The van der Waals surface area contributed by atoms with Crippen molar-refractivity contribution in [1.82, 2.24) is 10.6 Å². The number of carbonyl (C=O) groups is 2. The van der Waals surface area contributed by atoms with E-state index in [9.17, 15) is 9.59 Å². The second-order valence-electron chi connectivity index (χ2n) is 4.32. The minimum Gasteiger partial charge on any atom is -0.350 e. The Kier molecular flexibility index (Phi) is 5.20. The Hall–Kier alpha value is -1.06. The van der Waals surface area contributed by atoms with Gasteiger partial charge in [0.05, 0.1) is 6.54 Å². The van der Waals surface area contributed by atoms with Crippen LogP contribution in [0.15, 0.2) is 0 Å². The van der Waals surface area contributed by atoms with Gasteiger partial charge in [-0.25, -0.2) is 0 Å². The molecule has 4 nitrogen and oxygen atoms in total. The largest absolute Gasteiger partial charge is 0.350 e. The first kappa shape index (κ1) is 12.9. The molecule has 0 saturated heterocycles. The van der Waals surface area contributed by atoms with Crippen LogP contribution < -0.4 is 10.6 Å². The van der Waals surface area contributed by atoms with Crippen LogP contribution in [0, 0.1) is 0 Å². The zero-order chi connectivity index (χ0) is 11.2. The topological polar surface area (TPSA) is 58.2 Å². The molecule has 0 saturated carbocycles. The summed E-state index contributed by atoms with van der Waals surface area (Å²) in [5.74, 6) is -0.224. The maximum absolute atomic E-state index is 11.2. The van der Waals surface area contributed by atoms with Crippen LogP contribution in [-0.2, 0) is 9.59 Å². The summed E-state index contributed by atoms with van der Waals surface area (Å²) in [5.41, 5.74) is -0.243. The molecular formula is C10H20N2O2. The van der Waals surface area contributed by atoms with Crippen LogP contribution in [0.4, 0.5) is 0 Å². The molecule has 0 aliphatic heterocycles. The van der Waals surface area contributed by atoms with Gasteiger partial charge in [0, 0.05) is 12.0 Å². The number of carbonyl (C=O) groups excluding carboxylic acids is 2. The third-order valence-electron chi connectivity index (χ3n) is 1.44. The first-order chi connectivity index (χ1) is 6.35. The Labute approximate surface area is 85.4 Å². The molecule has 0 radical (unpaired) electrons. The third-order valence-corrected chi connectivity index (χ3v) is 1.44. The fourth-order valence-electron chi connectivity index (χ4n) is 0.957. The fourth-order valence-corrected chi connectivity index (χ4v) is 0.957. The van der Waals surface area contributed by atoms with E-state index >= 15 is 0 Å². The van der Waals surface area contributed by atoms with Crippen LogP contribution in [0.3, 0.4) is 0 Å². The van der Waals surface area contributed by atoms with E-state index in [0.717, 1.165) is 6.42 Å². The van der Waals surface area contributed by atoms with Gasteiger partial charge in [0.15, 0.2) is 0 Å². The van der Waals surface area contributed by atoms with Gasteiger partial charge in [-0.1, -0.05) is 6.92 Å². The lowest BCUT2D eigenvalue weighted by Gasteiger charge is -2.20. The summed E-state index contributed by atoms with van der Waals surface area (Å²) in [4.78, 5) is 22.3. The SMILES string of the molecule is CCCC(=O)NCC(=O)NC(C)(C)C. The van der Waals surface area contributed by atoms with Crippen molar-refractivity contribution in [3.05, 3.63) is 0 Å². The van der Waals surface area contributed by atoms with Crippen molar-refractivity contribution in [2.45, 2.75) is 46.1 Å². The lowest BCUT2D eigenvalue weighted by molar-refractivity contribution is -0.126. The smallest absolute Gasteiger partial charge is 0.239 e. The predicted molar refractivity (Wildman–Crippen MR) is 55.8 cm³/mol. The first-order valence-corrected chi connectivity index (χ1v) is 4.93. The molecule has 0 aliphatic carbocycles. The third kappa shape index (κ3) is 7.58.